The third-order valence-electron chi connectivity index (χ3n) is 9.82. The van der Waals surface area contributed by atoms with E-state index in [2.05, 4.69) is 91.9 Å². The summed E-state index contributed by atoms with van der Waals surface area (Å²) < 4.78 is 17.9. The van der Waals surface area contributed by atoms with Gasteiger partial charge in [0.1, 0.15) is 6.04 Å². The summed E-state index contributed by atoms with van der Waals surface area (Å²) in [6.07, 6.45) is 4.74. The van der Waals surface area contributed by atoms with Crippen LogP contribution in [0.4, 0.5) is 0 Å². The minimum absolute atomic E-state index is 0. The number of hydrogen-bond acceptors (Lipinski definition) is 8. The van der Waals surface area contributed by atoms with Crippen molar-refractivity contribution in [3.63, 3.8) is 0 Å². The van der Waals surface area contributed by atoms with Gasteiger partial charge in [0.15, 0.2) is 0 Å². The van der Waals surface area contributed by atoms with Crippen LogP contribution in [0, 0.1) is 28.6 Å². The maximum atomic E-state index is 13.9. The van der Waals surface area contributed by atoms with Gasteiger partial charge in [-0.2, -0.15) is 13.5 Å². The number of nitrogens with two attached hydrogens (primary N) is 1. The predicted octanol–water partition coefficient (Wildman–Crippen LogP) is 6.76. The molecule has 58 heavy (non-hydrogen) atoms. The maximum absolute atomic E-state index is 13.9. The molecule has 0 spiro atoms. The molecule has 0 radical (unpaired) electrons. The Morgan fingerprint density at radius 3 is 1.69 bits per heavy atom. The Hall–Kier alpha value is -2.71. The molecule has 1 aromatic rings. The van der Waals surface area contributed by atoms with Gasteiger partial charge in [-0.1, -0.05) is 85.2 Å². The normalized spacial score (nSPS) is 12.8. The first-order valence-corrected chi connectivity index (χ1v) is 21.0. The van der Waals surface area contributed by atoms with Crippen molar-refractivity contribution in [3.05, 3.63) is 35.4 Å². The van der Waals surface area contributed by atoms with Crippen LogP contribution < -0.4 is 11.1 Å². The van der Waals surface area contributed by atoms with Gasteiger partial charge in [0.05, 0.1) is 33.0 Å². The number of amides is 3. The fourth-order valence-corrected chi connectivity index (χ4v) is 6.75. The van der Waals surface area contributed by atoms with E-state index in [-0.39, 0.29) is 52.9 Å². The lowest BCUT2D eigenvalue weighted by Crippen LogP contribution is -2.47. The van der Waals surface area contributed by atoms with Crippen LogP contribution in [-0.4, -0.2) is 118 Å². The molecule has 0 bridgehead atoms. The van der Waals surface area contributed by atoms with E-state index in [9.17, 15) is 19.2 Å². The number of aryl methyl sites for hydroxylation is 2. The lowest BCUT2D eigenvalue weighted by atomic mass is 9.89. The highest BCUT2D eigenvalue weighted by atomic mass is 32.1. The SMILES string of the molecule is CCN(CC(C)(C)COCC(C)(C)CN(CC(C)(C)COCC(C)(C)COC)C(=O)CCc1ccc(C)cc1)C(=O)CCCCC(=O)NCCCCC(N)C(=O)O.S. The third-order valence-corrected chi connectivity index (χ3v) is 9.82. The molecule has 0 aliphatic heterocycles. The third kappa shape index (κ3) is 25.0. The summed E-state index contributed by atoms with van der Waals surface area (Å²) >= 11 is 0. The Balaban J connectivity index is 0.0000325. The number of unbranched alkanes of at least 4 members (excludes halogenated alkanes) is 2. The van der Waals surface area contributed by atoms with Crippen molar-refractivity contribution in [1.29, 1.82) is 0 Å². The summed E-state index contributed by atoms with van der Waals surface area (Å²) in [5.74, 6) is -0.898. The van der Waals surface area contributed by atoms with Crippen molar-refractivity contribution < 1.29 is 38.5 Å². The van der Waals surface area contributed by atoms with Crippen LogP contribution in [0.5, 0.6) is 0 Å². The summed E-state index contributed by atoms with van der Waals surface area (Å²) in [4.78, 5) is 53.9. The molecule has 1 aromatic carbocycles. The zero-order valence-electron chi connectivity index (χ0n) is 38.1. The number of methoxy groups -OCH3 is 1. The Kier molecular flexibility index (Phi) is 25.9. The number of nitrogens with zero attached hydrogens (tertiary/aromatic N) is 2. The van der Waals surface area contributed by atoms with E-state index in [0.29, 0.717) is 124 Å². The lowest BCUT2D eigenvalue weighted by molar-refractivity contribution is -0.139. The number of benzene rings is 1. The van der Waals surface area contributed by atoms with E-state index < -0.39 is 12.0 Å². The number of carbonyl (C=O) groups excluding carboxylic acids is 3. The first kappa shape index (κ1) is 55.3. The first-order valence-electron chi connectivity index (χ1n) is 21.0. The number of carbonyl (C=O) groups is 4. The molecule has 13 heteroatoms. The van der Waals surface area contributed by atoms with E-state index in [1.165, 1.54) is 5.56 Å². The molecule has 0 saturated heterocycles. The molecule has 0 fully saturated rings. The molecule has 0 aliphatic rings. The number of aliphatic carboxylic acids is 1. The summed E-state index contributed by atoms with van der Waals surface area (Å²) in [5, 5.41) is 11.7. The van der Waals surface area contributed by atoms with Gasteiger partial charge in [0.2, 0.25) is 17.7 Å². The van der Waals surface area contributed by atoms with Crippen molar-refractivity contribution in [2.24, 2.45) is 27.4 Å². The first-order chi connectivity index (χ1) is 26.5. The maximum Gasteiger partial charge on any atom is 0.320 e. The Labute approximate surface area is 358 Å². The molecule has 0 heterocycles. The molecule has 1 atom stereocenters. The Morgan fingerprint density at radius 2 is 1.19 bits per heavy atom. The zero-order chi connectivity index (χ0) is 43.3. The molecule has 336 valence electrons. The highest BCUT2D eigenvalue weighted by Gasteiger charge is 2.32. The van der Waals surface area contributed by atoms with Crippen LogP contribution in [0.2, 0.25) is 0 Å². The van der Waals surface area contributed by atoms with Crippen LogP contribution in [-0.2, 0) is 39.8 Å². The fraction of sp³-hybridized carbons (Fsp3) is 0.778. The minimum atomic E-state index is -1.01. The zero-order valence-corrected chi connectivity index (χ0v) is 39.1. The number of carboxylic acid groups (broad SMARTS) is 1. The van der Waals surface area contributed by atoms with Gasteiger partial charge in [-0.15, -0.1) is 0 Å². The van der Waals surface area contributed by atoms with Crippen molar-refractivity contribution in [2.75, 3.05) is 72.9 Å². The molecule has 0 aromatic heterocycles. The van der Waals surface area contributed by atoms with Crippen molar-refractivity contribution >= 4 is 37.2 Å². The topological polar surface area (TPSA) is 161 Å². The van der Waals surface area contributed by atoms with Gasteiger partial charge in [-0.3, -0.25) is 19.2 Å². The molecule has 3 amide bonds. The van der Waals surface area contributed by atoms with Crippen LogP contribution in [0.15, 0.2) is 24.3 Å². The van der Waals surface area contributed by atoms with Gasteiger partial charge in [-0.05, 0) is 57.9 Å². The van der Waals surface area contributed by atoms with E-state index in [4.69, 9.17) is 25.1 Å². The monoisotopic (exact) mass is 839 g/mol. The van der Waals surface area contributed by atoms with E-state index in [1.54, 1.807) is 7.11 Å². The molecule has 1 unspecified atom stereocenters. The van der Waals surface area contributed by atoms with Crippen LogP contribution in [0.1, 0.15) is 125 Å². The molecule has 0 saturated carbocycles. The average molecular weight is 839 g/mol. The predicted molar refractivity (Wildman–Crippen MR) is 238 cm³/mol. The minimum Gasteiger partial charge on any atom is -0.480 e. The van der Waals surface area contributed by atoms with Gasteiger partial charge >= 0.3 is 5.97 Å². The second-order valence-corrected chi connectivity index (χ2v) is 19.2. The Morgan fingerprint density at radius 1 is 0.707 bits per heavy atom. The fourth-order valence-electron chi connectivity index (χ4n) is 6.75. The molecular weight excluding hydrogens is 757 g/mol. The highest BCUT2D eigenvalue weighted by Crippen LogP contribution is 2.27. The van der Waals surface area contributed by atoms with E-state index >= 15 is 0 Å². The molecule has 12 nitrogen and oxygen atoms in total. The number of carboxylic acids is 1. The quantitative estimate of drug-likeness (QED) is 0.0687. The molecular formula is C45H82N4O8S. The smallest absolute Gasteiger partial charge is 0.320 e. The lowest BCUT2D eigenvalue weighted by Gasteiger charge is -2.39. The highest BCUT2D eigenvalue weighted by molar-refractivity contribution is 7.59. The van der Waals surface area contributed by atoms with E-state index in [1.807, 2.05) is 16.7 Å². The van der Waals surface area contributed by atoms with Crippen LogP contribution in [0.25, 0.3) is 0 Å². The largest absolute Gasteiger partial charge is 0.480 e. The van der Waals surface area contributed by atoms with Gasteiger partial charge < -0.3 is 40.2 Å². The van der Waals surface area contributed by atoms with Crippen molar-refractivity contribution in [3.8, 4) is 0 Å². The van der Waals surface area contributed by atoms with Gasteiger partial charge in [0.25, 0.3) is 0 Å². The van der Waals surface area contributed by atoms with Crippen LogP contribution in [0.3, 0.4) is 0 Å². The summed E-state index contributed by atoms with van der Waals surface area (Å²) in [7, 11) is 1.70. The number of nitrogens with one attached hydrogen (secondary N) is 1. The summed E-state index contributed by atoms with van der Waals surface area (Å²) in [5.41, 5.74) is 6.86. The second kappa shape index (κ2) is 27.2. The summed E-state index contributed by atoms with van der Waals surface area (Å²) in [6.45, 7) is 26.4. The summed E-state index contributed by atoms with van der Waals surface area (Å²) in [6, 6.07) is 7.49. The number of ether oxygens (including phenoxy) is 3. The van der Waals surface area contributed by atoms with Crippen molar-refractivity contribution in [2.45, 2.75) is 133 Å². The van der Waals surface area contributed by atoms with Gasteiger partial charge in [-0.25, -0.2) is 0 Å². The Bertz CT molecular complexity index is 1350. The second-order valence-electron chi connectivity index (χ2n) is 19.2. The average Bonchev–Trinajstić information content (AvgIpc) is 3.10. The molecule has 4 N–H and O–H groups in total. The number of rotatable bonds is 31. The van der Waals surface area contributed by atoms with Crippen molar-refractivity contribution in [1.82, 2.24) is 15.1 Å². The molecule has 0 aliphatic carbocycles. The van der Waals surface area contributed by atoms with E-state index in [0.717, 1.165) is 5.56 Å². The van der Waals surface area contributed by atoms with Gasteiger partial charge in [0, 0.05) is 80.8 Å². The standard InChI is InChI=1S/C45H80N4O8.H2S/c1-12-48(39(51)19-14-13-18-38(50)47-26-16-15-17-37(46)41(53)54)27-42(3,4)31-56-32-43(5,6)28-49(40(52)25-24-36-22-20-35(2)21-23-36)29-44(7,8)33-57-34-45(9,10)30-55-11;/h20-23,37H,12-19,24-34,46H2,1-11H3,(H,47,50)(H,53,54);1H2. The molecule has 1 rings (SSSR count). The number of hydrogen-bond donors (Lipinski definition) is 3. The van der Waals surface area contributed by atoms with Crippen LogP contribution >= 0.6 is 13.5 Å².